The Bertz CT molecular complexity index is 573. The molecule has 0 aromatic heterocycles. The topological polar surface area (TPSA) is 43.4 Å². The number of benzene rings is 2. The van der Waals surface area contributed by atoms with E-state index in [9.17, 15) is 9.59 Å². The van der Waals surface area contributed by atoms with Gasteiger partial charge in [0.1, 0.15) is 5.75 Å². The second-order valence-corrected chi connectivity index (χ2v) is 3.64. The Morgan fingerprint density at radius 2 is 2.00 bits per heavy atom. The molecule has 0 bridgehead atoms. The minimum absolute atomic E-state index is 0.283. The van der Waals surface area contributed by atoms with Crippen molar-refractivity contribution in [3.8, 4) is 5.75 Å². The van der Waals surface area contributed by atoms with E-state index in [-0.39, 0.29) is 12.4 Å². The number of hydrogen-bond acceptors (Lipinski definition) is 3. The summed E-state index contributed by atoms with van der Waals surface area (Å²) in [5, 5.41) is 1.75. The summed E-state index contributed by atoms with van der Waals surface area (Å²) in [7, 11) is 0. The predicted octanol–water partition coefficient (Wildman–Crippen LogP) is 2.97. The number of rotatable bonds is 3. The number of fused-ring (bicyclic) bond motifs is 1. The van der Waals surface area contributed by atoms with E-state index >= 15 is 0 Å². The third-order valence-electron chi connectivity index (χ3n) is 2.56. The first-order chi connectivity index (χ1) is 8.26. The van der Waals surface area contributed by atoms with E-state index in [0.717, 1.165) is 17.1 Å². The van der Waals surface area contributed by atoms with Gasteiger partial charge >= 0.3 is 5.97 Å². The van der Waals surface area contributed by atoms with Crippen LogP contribution in [0.25, 0.3) is 10.8 Å². The summed E-state index contributed by atoms with van der Waals surface area (Å²) in [5.41, 5.74) is 0.421. The van der Waals surface area contributed by atoms with Crippen molar-refractivity contribution in [2.45, 2.75) is 13.3 Å². The molecule has 0 aliphatic carbocycles. The molecule has 0 atom stereocenters. The number of ether oxygens (including phenoxy) is 1. The molecule has 3 heteroatoms. The first kappa shape index (κ1) is 11.3. The maximum atomic E-state index is 11.2. The number of carbonyl (C=O) groups is 2. The SMILES string of the molecule is CCC(=O)Oc1ccc2ccccc2c1C=O. The van der Waals surface area contributed by atoms with Crippen LogP contribution >= 0.6 is 0 Å². The van der Waals surface area contributed by atoms with Gasteiger partial charge in [0, 0.05) is 6.42 Å². The lowest BCUT2D eigenvalue weighted by atomic mass is 10.0. The molecule has 0 saturated heterocycles. The van der Waals surface area contributed by atoms with Crippen LogP contribution in [0.4, 0.5) is 0 Å². The highest BCUT2D eigenvalue weighted by Gasteiger charge is 2.10. The van der Waals surface area contributed by atoms with Gasteiger partial charge in [-0.05, 0) is 16.8 Å². The molecule has 0 aliphatic heterocycles. The predicted molar refractivity (Wildman–Crippen MR) is 65.3 cm³/mol. The van der Waals surface area contributed by atoms with Crippen LogP contribution in [0.3, 0.4) is 0 Å². The lowest BCUT2D eigenvalue weighted by Crippen LogP contribution is -2.07. The maximum Gasteiger partial charge on any atom is 0.310 e. The molecule has 0 spiro atoms. The summed E-state index contributed by atoms with van der Waals surface area (Å²) < 4.78 is 5.12. The molecule has 0 fully saturated rings. The van der Waals surface area contributed by atoms with E-state index in [1.807, 2.05) is 30.3 Å². The Balaban J connectivity index is 2.57. The molecule has 0 amide bonds. The second kappa shape index (κ2) is 4.78. The van der Waals surface area contributed by atoms with E-state index in [1.165, 1.54) is 0 Å². The Labute approximate surface area is 99.0 Å². The molecule has 0 heterocycles. The lowest BCUT2D eigenvalue weighted by Gasteiger charge is -2.08. The molecular weight excluding hydrogens is 216 g/mol. The fraction of sp³-hybridized carbons (Fsp3) is 0.143. The van der Waals surface area contributed by atoms with Crippen molar-refractivity contribution in [3.63, 3.8) is 0 Å². The zero-order chi connectivity index (χ0) is 12.3. The zero-order valence-corrected chi connectivity index (χ0v) is 9.47. The van der Waals surface area contributed by atoms with Crippen LogP contribution in [-0.2, 0) is 4.79 Å². The molecular formula is C14H12O3. The maximum absolute atomic E-state index is 11.2. The summed E-state index contributed by atoms with van der Waals surface area (Å²) in [5.74, 6) is -0.0195. The van der Waals surface area contributed by atoms with Crippen LogP contribution in [-0.4, -0.2) is 12.3 Å². The van der Waals surface area contributed by atoms with Crippen LogP contribution in [0.2, 0.25) is 0 Å². The van der Waals surface area contributed by atoms with Crippen molar-refractivity contribution >= 4 is 23.0 Å². The number of carbonyl (C=O) groups excluding carboxylic acids is 2. The first-order valence-corrected chi connectivity index (χ1v) is 5.44. The van der Waals surface area contributed by atoms with E-state index in [2.05, 4.69) is 0 Å². The van der Waals surface area contributed by atoms with E-state index < -0.39 is 0 Å². The summed E-state index contributed by atoms with van der Waals surface area (Å²) in [6.45, 7) is 1.71. The Hall–Kier alpha value is -2.16. The monoisotopic (exact) mass is 228 g/mol. The van der Waals surface area contributed by atoms with Crippen LogP contribution in [0, 0.1) is 0 Å². The quantitative estimate of drug-likeness (QED) is 0.461. The standard InChI is InChI=1S/C14H12O3/c1-2-14(16)17-13-8-7-10-5-3-4-6-11(10)12(13)9-15/h3-9H,2H2,1H3. The van der Waals surface area contributed by atoms with Gasteiger partial charge in [-0.3, -0.25) is 9.59 Å². The van der Waals surface area contributed by atoms with E-state index in [1.54, 1.807) is 13.0 Å². The Kier molecular flexibility index (Phi) is 3.19. The fourth-order valence-electron chi connectivity index (χ4n) is 1.68. The second-order valence-electron chi connectivity index (χ2n) is 3.64. The molecule has 0 aliphatic rings. The van der Waals surface area contributed by atoms with E-state index in [4.69, 9.17) is 4.74 Å². The third kappa shape index (κ3) is 2.18. The molecule has 3 nitrogen and oxygen atoms in total. The molecule has 0 radical (unpaired) electrons. The minimum atomic E-state index is -0.344. The van der Waals surface area contributed by atoms with E-state index in [0.29, 0.717) is 11.3 Å². The van der Waals surface area contributed by atoms with Crippen molar-refractivity contribution in [2.24, 2.45) is 0 Å². The average molecular weight is 228 g/mol. The van der Waals surface area contributed by atoms with Crippen LogP contribution in [0.1, 0.15) is 23.7 Å². The van der Waals surface area contributed by atoms with Gasteiger partial charge in [-0.2, -0.15) is 0 Å². The molecule has 2 aromatic carbocycles. The largest absolute Gasteiger partial charge is 0.426 e. The summed E-state index contributed by atoms with van der Waals surface area (Å²) in [6.07, 6.45) is 1.01. The molecule has 17 heavy (non-hydrogen) atoms. The zero-order valence-electron chi connectivity index (χ0n) is 9.47. The van der Waals surface area contributed by atoms with Gasteiger partial charge in [-0.15, -0.1) is 0 Å². The molecule has 2 rings (SSSR count). The van der Waals surface area contributed by atoms with Gasteiger partial charge in [0.15, 0.2) is 6.29 Å². The van der Waals surface area contributed by atoms with Crippen LogP contribution in [0.5, 0.6) is 5.75 Å². The summed E-state index contributed by atoms with van der Waals surface area (Å²) >= 11 is 0. The highest BCUT2D eigenvalue weighted by Crippen LogP contribution is 2.26. The number of hydrogen-bond donors (Lipinski definition) is 0. The van der Waals surface area contributed by atoms with Gasteiger partial charge in [0.2, 0.25) is 0 Å². The fourth-order valence-corrected chi connectivity index (χ4v) is 1.68. The Morgan fingerprint density at radius 1 is 1.24 bits per heavy atom. The van der Waals surface area contributed by atoms with Gasteiger partial charge < -0.3 is 4.74 Å². The first-order valence-electron chi connectivity index (χ1n) is 5.44. The highest BCUT2D eigenvalue weighted by atomic mass is 16.5. The summed E-state index contributed by atoms with van der Waals surface area (Å²) in [6, 6.07) is 11.0. The molecule has 0 saturated carbocycles. The third-order valence-corrected chi connectivity index (χ3v) is 2.56. The van der Waals surface area contributed by atoms with Crippen molar-refractivity contribution in [2.75, 3.05) is 0 Å². The normalized spacial score (nSPS) is 10.2. The van der Waals surface area contributed by atoms with Gasteiger partial charge in [-0.1, -0.05) is 37.3 Å². The number of aldehydes is 1. The molecule has 2 aromatic rings. The average Bonchev–Trinajstić information content (AvgIpc) is 2.38. The van der Waals surface area contributed by atoms with Crippen molar-refractivity contribution in [1.82, 2.24) is 0 Å². The summed E-state index contributed by atoms with van der Waals surface area (Å²) in [4.78, 5) is 22.4. The van der Waals surface area contributed by atoms with Crippen molar-refractivity contribution in [3.05, 3.63) is 42.0 Å². The number of esters is 1. The van der Waals surface area contributed by atoms with Crippen LogP contribution in [0.15, 0.2) is 36.4 Å². The minimum Gasteiger partial charge on any atom is -0.426 e. The molecule has 0 unspecified atom stereocenters. The van der Waals surface area contributed by atoms with Gasteiger partial charge in [-0.25, -0.2) is 0 Å². The van der Waals surface area contributed by atoms with Crippen molar-refractivity contribution < 1.29 is 14.3 Å². The van der Waals surface area contributed by atoms with Gasteiger partial charge in [0.05, 0.1) is 5.56 Å². The lowest BCUT2D eigenvalue weighted by molar-refractivity contribution is -0.134. The van der Waals surface area contributed by atoms with Crippen molar-refractivity contribution in [1.29, 1.82) is 0 Å². The highest BCUT2D eigenvalue weighted by molar-refractivity contribution is 6.01. The van der Waals surface area contributed by atoms with Gasteiger partial charge in [0.25, 0.3) is 0 Å². The van der Waals surface area contributed by atoms with Crippen LogP contribution < -0.4 is 4.74 Å². The smallest absolute Gasteiger partial charge is 0.310 e. The Morgan fingerprint density at radius 3 is 2.71 bits per heavy atom. The molecule has 0 N–H and O–H groups in total. The molecule has 86 valence electrons.